The Balaban J connectivity index is 1.71. The van der Waals surface area contributed by atoms with Crippen molar-refractivity contribution in [2.75, 3.05) is 6.54 Å². The lowest BCUT2D eigenvalue weighted by Gasteiger charge is -2.47. The molecule has 2 fully saturated rings. The van der Waals surface area contributed by atoms with Gasteiger partial charge in [-0.1, -0.05) is 11.6 Å². The first-order chi connectivity index (χ1) is 7.65. The molecule has 0 saturated heterocycles. The topological polar surface area (TPSA) is 26.0 Å². The average Bonchev–Trinajstić information content (AvgIpc) is 3.00. The Morgan fingerprint density at radius 2 is 1.81 bits per heavy atom. The molecule has 0 atom stereocenters. The van der Waals surface area contributed by atoms with Crippen molar-refractivity contribution in [3.63, 3.8) is 0 Å². The molecule has 1 nitrogen and oxygen atoms in total. The van der Waals surface area contributed by atoms with E-state index >= 15 is 0 Å². The molecule has 1 aromatic carbocycles. The van der Waals surface area contributed by atoms with E-state index in [2.05, 4.69) is 12.1 Å². The van der Waals surface area contributed by atoms with Crippen molar-refractivity contribution in [1.29, 1.82) is 0 Å². The Labute approximate surface area is 106 Å². The summed E-state index contributed by atoms with van der Waals surface area (Å²) >= 11 is 7.83. The van der Waals surface area contributed by atoms with Crippen LogP contribution >= 0.6 is 23.4 Å². The van der Waals surface area contributed by atoms with Gasteiger partial charge >= 0.3 is 0 Å². The summed E-state index contributed by atoms with van der Waals surface area (Å²) in [6, 6.07) is 8.12. The van der Waals surface area contributed by atoms with Crippen LogP contribution in [0.1, 0.15) is 25.7 Å². The number of halogens is 1. The van der Waals surface area contributed by atoms with E-state index < -0.39 is 0 Å². The predicted molar refractivity (Wildman–Crippen MR) is 70.0 cm³/mol. The van der Waals surface area contributed by atoms with Gasteiger partial charge in [-0.15, -0.1) is 11.8 Å². The first kappa shape index (κ1) is 10.9. The van der Waals surface area contributed by atoms with Crippen LogP contribution in [0.4, 0.5) is 0 Å². The molecule has 0 heterocycles. The molecule has 0 bridgehead atoms. The van der Waals surface area contributed by atoms with Crippen LogP contribution in [-0.2, 0) is 0 Å². The van der Waals surface area contributed by atoms with Crippen LogP contribution < -0.4 is 5.73 Å². The Hall–Kier alpha value is -0.180. The highest BCUT2D eigenvalue weighted by Gasteiger charge is 2.60. The zero-order valence-corrected chi connectivity index (χ0v) is 10.8. The third-order valence-corrected chi connectivity index (χ3v) is 5.52. The van der Waals surface area contributed by atoms with Crippen molar-refractivity contribution in [1.82, 2.24) is 0 Å². The summed E-state index contributed by atoms with van der Waals surface area (Å²) in [6.45, 7) is 0.794. The van der Waals surface area contributed by atoms with Crippen LogP contribution in [0, 0.1) is 5.41 Å². The molecule has 0 aliphatic heterocycles. The summed E-state index contributed by atoms with van der Waals surface area (Å²) in [6.07, 6.45) is 5.47. The fraction of sp³-hybridized carbons (Fsp3) is 0.538. The molecule has 2 aliphatic carbocycles. The molecular weight excluding hydrogens is 238 g/mol. The Bertz CT molecular complexity index is 389. The number of thioether (sulfide) groups is 1. The predicted octanol–water partition coefficient (Wildman–Crippen LogP) is 3.70. The minimum Gasteiger partial charge on any atom is -0.329 e. The van der Waals surface area contributed by atoms with E-state index in [1.807, 2.05) is 23.9 Å². The number of benzene rings is 1. The van der Waals surface area contributed by atoms with Gasteiger partial charge in [0.1, 0.15) is 0 Å². The monoisotopic (exact) mass is 253 g/mol. The number of rotatable bonds is 3. The molecule has 86 valence electrons. The van der Waals surface area contributed by atoms with E-state index in [0.717, 1.165) is 11.6 Å². The maximum absolute atomic E-state index is 5.95. The van der Waals surface area contributed by atoms with Gasteiger partial charge in [0, 0.05) is 21.2 Å². The van der Waals surface area contributed by atoms with Gasteiger partial charge in [-0.25, -0.2) is 0 Å². The van der Waals surface area contributed by atoms with Crippen LogP contribution in [0.25, 0.3) is 0 Å². The summed E-state index contributed by atoms with van der Waals surface area (Å²) in [4.78, 5) is 1.30. The third kappa shape index (κ3) is 1.87. The molecule has 1 aromatic rings. The van der Waals surface area contributed by atoms with E-state index in [9.17, 15) is 0 Å². The maximum Gasteiger partial charge on any atom is 0.0406 e. The van der Waals surface area contributed by atoms with E-state index in [1.165, 1.54) is 30.6 Å². The summed E-state index contributed by atoms with van der Waals surface area (Å²) in [7, 11) is 0. The first-order valence-electron chi connectivity index (χ1n) is 5.80. The zero-order valence-electron chi connectivity index (χ0n) is 9.21. The van der Waals surface area contributed by atoms with Crippen molar-refractivity contribution < 1.29 is 0 Å². The van der Waals surface area contributed by atoms with Gasteiger partial charge < -0.3 is 5.73 Å². The van der Waals surface area contributed by atoms with Crippen LogP contribution in [-0.4, -0.2) is 11.3 Å². The highest BCUT2D eigenvalue weighted by atomic mass is 35.5. The largest absolute Gasteiger partial charge is 0.329 e. The van der Waals surface area contributed by atoms with Crippen molar-refractivity contribution >= 4 is 23.4 Å². The van der Waals surface area contributed by atoms with Crippen molar-refractivity contribution in [3.05, 3.63) is 29.3 Å². The number of hydrogen-bond donors (Lipinski definition) is 1. The van der Waals surface area contributed by atoms with E-state index in [1.54, 1.807) is 0 Å². The van der Waals surface area contributed by atoms with Gasteiger partial charge in [0.15, 0.2) is 0 Å². The second-order valence-electron chi connectivity index (χ2n) is 5.30. The smallest absolute Gasteiger partial charge is 0.0406 e. The molecule has 16 heavy (non-hydrogen) atoms. The van der Waals surface area contributed by atoms with Crippen molar-refractivity contribution in [2.45, 2.75) is 35.3 Å². The quantitative estimate of drug-likeness (QED) is 0.889. The zero-order chi connectivity index (χ0) is 11.2. The third-order valence-electron chi connectivity index (χ3n) is 3.87. The molecule has 3 heteroatoms. The highest BCUT2D eigenvalue weighted by Crippen LogP contribution is 2.69. The molecule has 2 N–H and O–H groups in total. The van der Waals surface area contributed by atoms with E-state index in [4.69, 9.17) is 17.3 Å². The average molecular weight is 254 g/mol. The Kier molecular flexibility index (Phi) is 2.50. The van der Waals surface area contributed by atoms with Gasteiger partial charge in [-0.05, 0) is 55.4 Å². The Morgan fingerprint density at radius 1 is 1.19 bits per heavy atom. The van der Waals surface area contributed by atoms with E-state index in [-0.39, 0.29) is 0 Å². The van der Waals surface area contributed by atoms with Crippen LogP contribution in [0.2, 0.25) is 5.02 Å². The molecule has 0 aromatic heterocycles. The van der Waals surface area contributed by atoms with Crippen LogP contribution in [0.15, 0.2) is 29.2 Å². The summed E-state index contributed by atoms with van der Waals surface area (Å²) in [5, 5.41) is 0.804. The normalized spacial score (nSPS) is 24.1. The molecule has 3 rings (SSSR count). The van der Waals surface area contributed by atoms with Crippen LogP contribution in [0.5, 0.6) is 0 Å². The Morgan fingerprint density at radius 3 is 2.31 bits per heavy atom. The molecule has 2 saturated carbocycles. The second-order valence-corrected chi connectivity index (χ2v) is 7.27. The number of nitrogens with two attached hydrogens (primary N) is 1. The van der Waals surface area contributed by atoms with Crippen molar-refractivity contribution in [3.8, 4) is 0 Å². The molecule has 0 radical (unpaired) electrons. The minimum atomic E-state index is 0.310. The van der Waals surface area contributed by atoms with Crippen LogP contribution in [0.3, 0.4) is 0 Å². The lowest BCUT2D eigenvalue weighted by molar-refractivity contribution is 0.210. The summed E-state index contributed by atoms with van der Waals surface area (Å²) in [5.74, 6) is 0. The number of hydrogen-bond acceptors (Lipinski definition) is 2. The fourth-order valence-electron chi connectivity index (χ4n) is 2.86. The highest BCUT2D eigenvalue weighted by molar-refractivity contribution is 8.00. The van der Waals surface area contributed by atoms with Gasteiger partial charge in [-0.2, -0.15) is 0 Å². The maximum atomic E-state index is 5.95. The second kappa shape index (κ2) is 3.66. The fourth-order valence-corrected chi connectivity index (χ4v) is 4.59. The molecule has 0 amide bonds. The van der Waals surface area contributed by atoms with Gasteiger partial charge in [0.25, 0.3) is 0 Å². The molecule has 2 aliphatic rings. The van der Waals surface area contributed by atoms with Gasteiger partial charge in [0.2, 0.25) is 0 Å². The lowest BCUT2D eigenvalue weighted by atomic mass is 9.71. The standard InChI is InChI=1S/C13H16ClNS/c14-10-1-3-11(4-2-10)16-13(9-15)7-12(8-13)5-6-12/h1-4H,5-9,15H2. The van der Waals surface area contributed by atoms with Crippen molar-refractivity contribution in [2.24, 2.45) is 11.1 Å². The summed E-state index contributed by atoms with van der Waals surface area (Å²) < 4.78 is 0.310. The minimum absolute atomic E-state index is 0.310. The SMILES string of the molecule is NCC1(Sc2ccc(Cl)cc2)CC2(CC2)C1. The van der Waals surface area contributed by atoms with Gasteiger partial charge in [0.05, 0.1) is 0 Å². The molecule has 0 unspecified atom stereocenters. The summed E-state index contributed by atoms with van der Waals surface area (Å²) in [5.41, 5.74) is 6.66. The van der Waals surface area contributed by atoms with E-state index in [0.29, 0.717) is 10.2 Å². The molecule has 1 spiro atoms. The first-order valence-corrected chi connectivity index (χ1v) is 7.00. The van der Waals surface area contributed by atoms with Gasteiger partial charge in [-0.3, -0.25) is 0 Å². The lowest BCUT2D eigenvalue weighted by Crippen LogP contribution is -2.48. The molecular formula is C13H16ClNS.